The van der Waals surface area contributed by atoms with Gasteiger partial charge in [-0.2, -0.15) is 0 Å². The van der Waals surface area contributed by atoms with E-state index in [9.17, 15) is 9.59 Å². The Balaban J connectivity index is 2.73. The molecule has 0 aliphatic carbocycles. The SMILES string of the molecule is Cc1ncc(C(=O)N[C@H](C(=O)O)C(C)C)[nH]1. The zero-order chi connectivity index (χ0) is 12.3. The Morgan fingerprint density at radius 3 is 2.50 bits per heavy atom. The molecule has 0 aliphatic rings. The van der Waals surface area contributed by atoms with Crippen molar-refractivity contribution in [2.24, 2.45) is 5.92 Å². The van der Waals surface area contributed by atoms with Gasteiger partial charge in [0.1, 0.15) is 17.6 Å². The number of nitrogens with one attached hydrogen (secondary N) is 2. The quantitative estimate of drug-likeness (QED) is 0.697. The van der Waals surface area contributed by atoms with Gasteiger partial charge in [0.05, 0.1) is 6.20 Å². The van der Waals surface area contributed by atoms with E-state index in [2.05, 4.69) is 15.3 Å². The third-order valence-corrected chi connectivity index (χ3v) is 2.17. The first kappa shape index (κ1) is 12.2. The molecule has 0 bridgehead atoms. The van der Waals surface area contributed by atoms with E-state index >= 15 is 0 Å². The summed E-state index contributed by atoms with van der Waals surface area (Å²) >= 11 is 0. The average Bonchev–Trinajstić information content (AvgIpc) is 2.59. The van der Waals surface area contributed by atoms with Crippen molar-refractivity contribution >= 4 is 11.9 Å². The number of carbonyl (C=O) groups excluding carboxylic acids is 1. The summed E-state index contributed by atoms with van der Waals surface area (Å²) in [5, 5.41) is 11.3. The summed E-state index contributed by atoms with van der Waals surface area (Å²) in [5.41, 5.74) is 0.268. The van der Waals surface area contributed by atoms with Crippen LogP contribution in [0, 0.1) is 12.8 Å². The highest BCUT2D eigenvalue weighted by Crippen LogP contribution is 2.04. The zero-order valence-electron chi connectivity index (χ0n) is 9.44. The van der Waals surface area contributed by atoms with Crippen LogP contribution in [0.15, 0.2) is 6.20 Å². The van der Waals surface area contributed by atoms with Crippen molar-refractivity contribution in [2.45, 2.75) is 26.8 Å². The maximum absolute atomic E-state index is 11.6. The van der Waals surface area contributed by atoms with Crippen LogP contribution in [-0.4, -0.2) is 33.0 Å². The van der Waals surface area contributed by atoms with Gasteiger partial charge in [-0.25, -0.2) is 9.78 Å². The van der Waals surface area contributed by atoms with Crippen LogP contribution < -0.4 is 5.32 Å². The van der Waals surface area contributed by atoms with Gasteiger partial charge in [0.15, 0.2) is 0 Å². The van der Waals surface area contributed by atoms with Gasteiger partial charge in [-0.15, -0.1) is 0 Å². The predicted octanol–water partition coefficient (Wildman–Crippen LogP) is 0.557. The second-order valence-electron chi connectivity index (χ2n) is 3.92. The molecule has 88 valence electrons. The fourth-order valence-corrected chi connectivity index (χ4v) is 1.27. The molecule has 0 saturated heterocycles. The lowest BCUT2D eigenvalue weighted by atomic mass is 10.0. The van der Waals surface area contributed by atoms with E-state index in [0.717, 1.165) is 0 Å². The summed E-state index contributed by atoms with van der Waals surface area (Å²) in [6, 6.07) is -0.892. The van der Waals surface area contributed by atoms with Gasteiger partial charge in [0.2, 0.25) is 0 Å². The van der Waals surface area contributed by atoms with Crippen molar-refractivity contribution in [3.8, 4) is 0 Å². The number of aryl methyl sites for hydroxylation is 1. The highest BCUT2D eigenvalue weighted by Gasteiger charge is 2.24. The molecular formula is C10H15N3O3. The summed E-state index contributed by atoms with van der Waals surface area (Å²) in [7, 11) is 0. The van der Waals surface area contributed by atoms with Crippen LogP contribution in [0.3, 0.4) is 0 Å². The average molecular weight is 225 g/mol. The van der Waals surface area contributed by atoms with Crippen molar-refractivity contribution in [3.63, 3.8) is 0 Å². The smallest absolute Gasteiger partial charge is 0.326 e. The summed E-state index contributed by atoms with van der Waals surface area (Å²) < 4.78 is 0. The molecule has 16 heavy (non-hydrogen) atoms. The second-order valence-corrected chi connectivity index (χ2v) is 3.92. The summed E-state index contributed by atoms with van der Waals surface area (Å²) in [6.45, 7) is 5.18. The van der Waals surface area contributed by atoms with Gasteiger partial charge in [0, 0.05) is 0 Å². The Morgan fingerprint density at radius 1 is 1.50 bits per heavy atom. The molecule has 0 aliphatic heterocycles. The van der Waals surface area contributed by atoms with E-state index in [1.54, 1.807) is 20.8 Å². The van der Waals surface area contributed by atoms with Crippen molar-refractivity contribution in [1.29, 1.82) is 0 Å². The number of H-pyrrole nitrogens is 1. The number of aliphatic carboxylic acids is 1. The number of imidazole rings is 1. The minimum atomic E-state index is -1.04. The summed E-state index contributed by atoms with van der Waals surface area (Å²) in [4.78, 5) is 29.1. The van der Waals surface area contributed by atoms with Crippen LogP contribution in [0.4, 0.5) is 0 Å². The molecule has 0 radical (unpaired) electrons. The van der Waals surface area contributed by atoms with E-state index in [4.69, 9.17) is 5.11 Å². The van der Waals surface area contributed by atoms with Gasteiger partial charge < -0.3 is 15.4 Å². The summed E-state index contributed by atoms with van der Waals surface area (Å²) in [6.07, 6.45) is 1.38. The fraction of sp³-hybridized carbons (Fsp3) is 0.500. The molecule has 6 heteroatoms. The number of aromatic nitrogens is 2. The molecular weight excluding hydrogens is 210 g/mol. The highest BCUT2D eigenvalue weighted by molar-refractivity contribution is 5.94. The number of aromatic amines is 1. The third-order valence-electron chi connectivity index (χ3n) is 2.17. The van der Waals surface area contributed by atoms with E-state index in [-0.39, 0.29) is 11.6 Å². The molecule has 0 fully saturated rings. The molecule has 3 N–H and O–H groups in total. The van der Waals surface area contributed by atoms with Crippen LogP contribution in [0.25, 0.3) is 0 Å². The van der Waals surface area contributed by atoms with Crippen LogP contribution in [-0.2, 0) is 4.79 Å². The Bertz CT molecular complexity index is 398. The number of carboxylic acid groups (broad SMARTS) is 1. The summed E-state index contributed by atoms with van der Waals surface area (Å²) in [5.74, 6) is -1.06. The Labute approximate surface area is 93.1 Å². The third kappa shape index (κ3) is 2.82. The second kappa shape index (κ2) is 4.78. The maximum atomic E-state index is 11.6. The van der Waals surface area contributed by atoms with E-state index in [0.29, 0.717) is 5.82 Å². The molecule has 1 aromatic heterocycles. The molecule has 0 spiro atoms. The van der Waals surface area contributed by atoms with E-state index in [1.165, 1.54) is 6.20 Å². The number of carboxylic acids is 1. The van der Waals surface area contributed by atoms with Crippen molar-refractivity contribution < 1.29 is 14.7 Å². The number of nitrogens with zero attached hydrogens (tertiary/aromatic N) is 1. The molecule has 0 unspecified atom stereocenters. The maximum Gasteiger partial charge on any atom is 0.326 e. The number of carbonyl (C=O) groups is 2. The lowest BCUT2D eigenvalue weighted by Gasteiger charge is -2.17. The molecule has 0 saturated carbocycles. The zero-order valence-corrected chi connectivity index (χ0v) is 9.44. The van der Waals surface area contributed by atoms with Gasteiger partial charge in [-0.05, 0) is 12.8 Å². The van der Waals surface area contributed by atoms with Gasteiger partial charge in [0.25, 0.3) is 5.91 Å². The monoisotopic (exact) mass is 225 g/mol. The van der Waals surface area contributed by atoms with Crippen molar-refractivity contribution in [3.05, 3.63) is 17.7 Å². The van der Waals surface area contributed by atoms with Gasteiger partial charge >= 0.3 is 5.97 Å². The Hall–Kier alpha value is -1.85. The topological polar surface area (TPSA) is 95.1 Å². The molecule has 1 rings (SSSR count). The molecule has 0 aromatic carbocycles. The predicted molar refractivity (Wildman–Crippen MR) is 57.1 cm³/mol. The van der Waals surface area contributed by atoms with Crippen molar-refractivity contribution in [2.75, 3.05) is 0 Å². The highest BCUT2D eigenvalue weighted by atomic mass is 16.4. The van der Waals surface area contributed by atoms with Crippen LogP contribution in [0.2, 0.25) is 0 Å². The lowest BCUT2D eigenvalue weighted by molar-refractivity contribution is -0.140. The van der Waals surface area contributed by atoms with Crippen molar-refractivity contribution in [1.82, 2.24) is 15.3 Å². The molecule has 6 nitrogen and oxygen atoms in total. The minimum absolute atomic E-state index is 0.175. The van der Waals surface area contributed by atoms with Crippen LogP contribution in [0.1, 0.15) is 30.2 Å². The number of rotatable bonds is 4. The number of hydrogen-bond acceptors (Lipinski definition) is 3. The first-order valence-corrected chi connectivity index (χ1v) is 4.97. The van der Waals surface area contributed by atoms with Crippen LogP contribution >= 0.6 is 0 Å². The Kier molecular flexibility index (Phi) is 3.65. The normalized spacial score (nSPS) is 12.5. The largest absolute Gasteiger partial charge is 0.480 e. The van der Waals surface area contributed by atoms with E-state index < -0.39 is 17.9 Å². The molecule has 1 aromatic rings. The van der Waals surface area contributed by atoms with E-state index in [1.807, 2.05) is 0 Å². The molecule has 1 heterocycles. The minimum Gasteiger partial charge on any atom is -0.480 e. The molecule has 1 atom stereocenters. The van der Waals surface area contributed by atoms with Crippen LogP contribution in [0.5, 0.6) is 0 Å². The Morgan fingerprint density at radius 2 is 2.12 bits per heavy atom. The van der Waals surface area contributed by atoms with Gasteiger partial charge in [-0.3, -0.25) is 4.79 Å². The first-order chi connectivity index (χ1) is 7.41. The lowest BCUT2D eigenvalue weighted by Crippen LogP contribution is -2.44. The fourth-order valence-electron chi connectivity index (χ4n) is 1.27. The standard InChI is InChI=1S/C10H15N3O3/c1-5(2)8(10(15)16)13-9(14)7-4-11-6(3)12-7/h4-5,8H,1-3H3,(H,11,12)(H,13,14)(H,15,16)/t8-/m0/s1. The number of hydrogen-bond donors (Lipinski definition) is 3. The number of amides is 1. The van der Waals surface area contributed by atoms with Gasteiger partial charge in [-0.1, -0.05) is 13.8 Å². The molecule has 1 amide bonds. The first-order valence-electron chi connectivity index (χ1n) is 4.97.